The highest BCUT2D eigenvalue weighted by atomic mass is 16.7. The highest BCUT2D eigenvalue weighted by Crippen LogP contribution is 2.44. The molecule has 7 rings (SSSR count). The normalized spacial score (nSPS) is 16.9. The van der Waals surface area contributed by atoms with Gasteiger partial charge in [0.15, 0.2) is 23.9 Å². The van der Waals surface area contributed by atoms with Gasteiger partial charge in [-0.3, -0.25) is 0 Å². The van der Waals surface area contributed by atoms with Gasteiger partial charge in [0.05, 0.1) is 11.1 Å². The van der Waals surface area contributed by atoms with Crippen molar-refractivity contribution in [3.8, 4) is 45.1 Å². The quantitative estimate of drug-likeness (QED) is 0.299. The van der Waals surface area contributed by atoms with Crippen molar-refractivity contribution in [1.29, 1.82) is 0 Å². The number of aryl methyl sites for hydroxylation is 2. The van der Waals surface area contributed by atoms with E-state index in [4.69, 9.17) is 9.47 Å². The summed E-state index contributed by atoms with van der Waals surface area (Å²) in [5, 5.41) is 0. The third-order valence-electron chi connectivity index (χ3n) is 6.94. The van der Waals surface area contributed by atoms with Crippen LogP contribution >= 0.6 is 0 Å². The number of hydrogen-bond acceptors (Lipinski definition) is 2. The van der Waals surface area contributed by atoms with E-state index < -0.39 is 6.03 Å². The average molecular weight is 457 g/mol. The zero-order chi connectivity index (χ0) is 23.6. The van der Waals surface area contributed by atoms with Gasteiger partial charge < -0.3 is 9.47 Å². The number of fused-ring (bicyclic) bond motifs is 8. The minimum absolute atomic E-state index is 0.829. The number of para-hydroxylation sites is 1. The lowest BCUT2D eigenvalue weighted by Gasteiger charge is -2.32. The number of pyridine rings is 2. The molecule has 35 heavy (non-hydrogen) atoms. The molecular weight excluding hydrogens is 432 g/mol. The van der Waals surface area contributed by atoms with E-state index in [0.29, 0.717) is 0 Å². The van der Waals surface area contributed by atoms with Crippen LogP contribution in [0.5, 0.6) is 11.5 Å². The van der Waals surface area contributed by atoms with E-state index in [2.05, 4.69) is 102 Å². The highest BCUT2D eigenvalue weighted by molar-refractivity contribution is 5.77. The topological polar surface area (TPSA) is 26.2 Å². The van der Waals surface area contributed by atoms with Crippen LogP contribution in [-0.2, 0) is 6.03 Å². The van der Waals surface area contributed by atoms with Crippen LogP contribution < -0.4 is 18.6 Å². The van der Waals surface area contributed by atoms with Crippen LogP contribution in [-0.4, -0.2) is 0 Å². The molecule has 0 bridgehead atoms. The first-order chi connectivity index (χ1) is 17.2. The molecule has 1 atom stereocenters. The summed E-state index contributed by atoms with van der Waals surface area (Å²) in [5.74, 6) is 1.67. The third-order valence-corrected chi connectivity index (χ3v) is 6.94. The second-order valence-electron chi connectivity index (χ2n) is 9.15. The number of ether oxygens (including phenoxy) is 2. The molecule has 0 N–H and O–H groups in total. The monoisotopic (exact) mass is 456 g/mol. The Morgan fingerprint density at radius 3 is 1.89 bits per heavy atom. The molecule has 4 heterocycles. The molecule has 0 radical (unpaired) electrons. The second-order valence-corrected chi connectivity index (χ2v) is 9.15. The summed E-state index contributed by atoms with van der Waals surface area (Å²) in [6, 6.07) is 32.3. The van der Waals surface area contributed by atoms with Crippen molar-refractivity contribution < 1.29 is 18.6 Å². The Bertz CT molecular complexity index is 1630. The molecule has 0 saturated carbocycles. The van der Waals surface area contributed by atoms with Gasteiger partial charge in [0.2, 0.25) is 11.4 Å². The standard InChI is InChI=1S/C31H24N2O2/c1-21-11-10-14-25-27-15-6-8-17-32(27)31(34-29(21)25)33-18-9-7-16-28(33)26-20-24(19-22(2)30(26)35-31)23-12-4-3-5-13-23/h3-20H,1-2H3/q+2/t31-/m0/s1. The van der Waals surface area contributed by atoms with Gasteiger partial charge in [0.25, 0.3) is 0 Å². The van der Waals surface area contributed by atoms with E-state index in [9.17, 15) is 0 Å². The molecule has 0 aliphatic carbocycles. The van der Waals surface area contributed by atoms with Crippen LogP contribution in [0.1, 0.15) is 11.1 Å². The molecule has 2 aliphatic rings. The van der Waals surface area contributed by atoms with Crippen molar-refractivity contribution >= 4 is 0 Å². The first-order valence-corrected chi connectivity index (χ1v) is 11.9. The van der Waals surface area contributed by atoms with Crippen LogP contribution in [0.2, 0.25) is 0 Å². The van der Waals surface area contributed by atoms with Gasteiger partial charge in [0, 0.05) is 24.3 Å². The van der Waals surface area contributed by atoms with Crippen LogP contribution in [0.3, 0.4) is 0 Å². The molecule has 0 amide bonds. The lowest BCUT2D eigenvalue weighted by molar-refractivity contribution is -1.06. The lowest BCUT2D eigenvalue weighted by Crippen LogP contribution is -2.82. The molecule has 168 valence electrons. The summed E-state index contributed by atoms with van der Waals surface area (Å²) in [6.07, 6.45) is 4.07. The van der Waals surface area contributed by atoms with Gasteiger partial charge in [-0.2, -0.15) is 0 Å². The van der Waals surface area contributed by atoms with Crippen LogP contribution in [0.15, 0.2) is 109 Å². The van der Waals surface area contributed by atoms with Crippen molar-refractivity contribution in [2.45, 2.75) is 19.9 Å². The largest absolute Gasteiger partial charge is 0.714 e. The van der Waals surface area contributed by atoms with E-state index in [-0.39, 0.29) is 0 Å². The molecule has 5 aromatic rings. The number of hydrogen-bond donors (Lipinski definition) is 0. The molecule has 0 saturated heterocycles. The second kappa shape index (κ2) is 7.28. The molecule has 1 spiro atoms. The summed E-state index contributed by atoms with van der Waals surface area (Å²) in [6.45, 7) is 4.19. The third kappa shape index (κ3) is 2.80. The van der Waals surface area contributed by atoms with E-state index in [1.807, 2.05) is 30.6 Å². The van der Waals surface area contributed by atoms with E-state index in [0.717, 1.165) is 50.7 Å². The zero-order valence-corrected chi connectivity index (χ0v) is 19.6. The first-order valence-electron chi connectivity index (χ1n) is 11.9. The maximum atomic E-state index is 6.95. The van der Waals surface area contributed by atoms with Gasteiger partial charge in [-0.1, -0.05) is 51.6 Å². The van der Waals surface area contributed by atoms with Crippen molar-refractivity contribution in [3.63, 3.8) is 0 Å². The lowest BCUT2D eigenvalue weighted by atomic mass is 9.96. The maximum Gasteiger partial charge on any atom is 0.714 e. The minimum Gasteiger partial charge on any atom is -0.339 e. The Morgan fingerprint density at radius 2 is 1.17 bits per heavy atom. The molecule has 2 aliphatic heterocycles. The molecule has 0 unspecified atom stereocenters. The van der Waals surface area contributed by atoms with Gasteiger partial charge in [-0.05, 0) is 66.4 Å². The van der Waals surface area contributed by atoms with Crippen molar-refractivity contribution in [2.24, 2.45) is 0 Å². The minimum atomic E-state index is -1.22. The fourth-order valence-corrected chi connectivity index (χ4v) is 5.30. The van der Waals surface area contributed by atoms with Crippen LogP contribution in [0, 0.1) is 13.8 Å². The Labute approximate surface area is 204 Å². The fourth-order valence-electron chi connectivity index (χ4n) is 5.30. The number of benzene rings is 3. The van der Waals surface area contributed by atoms with Gasteiger partial charge >= 0.3 is 6.03 Å². The van der Waals surface area contributed by atoms with Crippen molar-refractivity contribution in [1.82, 2.24) is 0 Å². The Hall–Kier alpha value is -4.44. The highest BCUT2D eigenvalue weighted by Gasteiger charge is 2.66. The van der Waals surface area contributed by atoms with Crippen LogP contribution in [0.25, 0.3) is 33.6 Å². The van der Waals surface area contributed by atoms with Crippen LogP contribution in [0.4, 0.5) is 0 Å². The Balaban J connectivity index is 1.51. The van der Waals surface area contributed by atoms with Gasteiger partial charge in [-0.15, -0.1) is 0 Å². The van der Waals surface area contributed by atoms with Crippen molar-refractivity contribution in [2.75, 3.05) is 0 Å². The number of rotatable bonds is 1. The Kier molecular flexibility index (Phi) is 4.15. The number of aromatic nitrogens is 2. The predicted molar refractivity (Wildman–Crippen MR) is 134 cm³/mol. The van der Waals surface area contributed by atoms with Gasteiger partial charge in [0.1, 0.15) is 0 Å². The summed E-state index contributed by atoms with van der Waals surface area (Å²) >= 11 is 0. The molecular formula is C31H24N2O2+2. The average Bonchev–Trinajstić information content (AvgIpc) is 2.91. The van der Waals surface area contributed by atoms with E-state index in [1.54, 1.807) is 0 Å². The van der Waals surface area contributed by atoms with Gasteiger partial charge in [-0.25, -0.2) is 0 Å². The summed E-state index contributed by atoms with van der Waals surface area (Å²) in [7, 11) is 0. The zero-order valence-electron chi connectivity index (χ0n) is 19.6. The molecule has 4 nitrogen and oxygen atoms in total. The first kappa shape index (κ1) is 20.0. The molecule has 4 heteroatoms. The fraction of sp³-hybridized carbons (Fsp3) is 0.0968. The summed E-state index contributed by atoms with van der Waals surface area (Å²) < 4.78 is 18.0. The smallest absolute Gasteiger partial charge is 0.339 e. The summed E-state index contributed by atoms with van der Waals surface area (Å²) in [5.41, 5.74) is 8.66. The van der Waals surface area contributed by atoms with Crippen molar-refractivity contribution in [3.05, 3.63) is 121 Å². The molecule has 2 aromatic heterocycles. The summed E-state index contributed by atoms with van der Waals surface area (Å²) in [4.78, 5) is 0. The maximum absolute atomic E-state index is 6.95. The van der Waals surface area contributed by atoms with E-state index >= 15 is 0 Å². The van der Waals surface area contributed by atoms with E-state index in [1.165, 1.54) is 5.56 Å². The SMILES string of the molecule is Cc1cccc2c1O[C@]1(Oc3c(C)cc(-c4ccccc4)cc3-c3cccc[n+]31)[n+]1ccccc1-2. The molecule has 0 fully saturated rings. The Morgan fingerprint density at radius 1 is 0.543 bits per heavy atom. The molecule has 3 aromatic carbocycles. The predicted octanol–water partition coefficient (Wildman–Crippen LogP) is 5.78. The number of nitrogens with zero attached hydrogens (tertiary/aromatic N) is 2.